The van der Waals surface area contributed by atoms with Crippen molar-refractivity contribution in [1.82, 2.24) is 4.90 Å². The fraction of sp³-hybridized carbons (Fsp3) is 0.250. The van der Waals surface area contributed by atoms with Gasteiger partial charge in [0.1, 0.15) is 12.0 Å². The molecule has 0 bridgehead atoms. The molecule has 23 heavy (non-hydrogen) atoms. The van der Waals surface area contributed by atoms with Crippen LogP contribution in [-0.2, 0) is 4.79 Å². The van der Waals surface area contributed by atoms with Gasteiger partial charge in [0.15, 0.2) is 0 Å². The van der Waals surface area contributed by atoms with Crippen molar-refractivity contribution in [3.05, 3.63) is 47.2 Å². The number of phenolic OH excluding ortho intramolecular Hbond substituents is 1. The van der Waals surface area contributed by atoms with E-state index in [0.717, 1.165) is 0 Å². The Balaban J connectivity index is 2.01. The third-order valence-electron chi connectivity index (χ3n) is 4.07. The van der Waals surface area contributed by atoms with Crippen LogP contribution in [0.15, 0.2) is 36.1 Å². The zero-order valence-corrected chi connectivity index (χ0v) is 12.5. The van der Waals surface area contributed by atoms with Gasteiger partial charge in [0.2, 0.25) is 5.91 Å². The molecule has 3 rings (SSSR count). The Labute approximate surface area is 132 Å². The van der Waals surface area contributed by atoms with E-state index in [1.165, 1.54) is 17.1 Å². The van der Waals surface area contributed by atoms with Crippen LogP contribution >= 0.6 is 0 Å². The second-order valence-electron chi connectivity index (χ2n) is 5.67. The molecule has 1 aromatic rings. The number of nitrogens with zero attached hydrogens (tertiary/aromatic N) is 1. The predicted molar refractivity (Wildman–Crippen MR) is 83.5 cm³/mol. The Morgan fingerprint density at radius 3 is 2.91 bits per heavy atom. The van der Waals surface area contributed by atoms with Crippen molar-refractivity contribution in [3.8, 4) is 5.75 Å². The number of hydrogen-bond acceptors (Lipinski definition) is 5. The number of carbonyl (C=O) groups excluding carboxylic acids is 2. The first-order chi connectivity index (χ1) is 10.9. The first-order valence-electron chi connectivity index (χ1n) is 7.16. The standard InChI is InChI=1S/C16H17N3O4/c1-8-2-4-10-13(14(8)21)18-15(22)11-6-9(3-5-12(17)20)7-19(11)16(10)23/h2-5,7,11,15,18,21-22H,6H2,1H3,(H2,17,20). The highest BCUT2D eigenvalue weighted by Crippen LogP contribution is 2.38. The SMILES string of the molecule is Cc1ccc2c(c1O)NC(O)C1CC(C=CC(N)=O)=CN1C2=O. The number of benzene rings is 1. The molecular formula is C16H17N3O4. The third kappa shape index (κ3) is 2.55. The van der Waals surface area contributed by atoms with E-state index in [1.54, 1.807) is 25.3 Å². The molecule has 1 aromatic carbocycles. The molecule has 2 heterocycles. The van der Waals surface area contributed by atoms with E-state index in [0.29, 0.717) is 17.6 Å². The summed E-state index contributed by atoms with van der Waals surface area (Å²) < 4.78 is 0. The second kappa shape index (κ2) is 5.44. The minimum atomic E-state index is -1.05. The number of fused-ring (bicyclic) bond motifs is 2. The topological polar surface area (TPSA) is 116 Å². The van der Waals surface area contributed by atoms with Gasteiger partial charge >= 0.3 is 0 Å². The number of nitrogens with one attached hydrogen (secondary N) is 1. The summed E-state index contributed by atoms with van der Waals surface area (Å²) >= 11 is 0. The molecule has 2 amide bonds. The highest BCUT2D eigenvalue weighted by atomic mass is 16.3. The van der Waals surface area contributed by atoms with Crippen LogP contribution in [0.4, 0.5) is 5.69 Å². The summed E-state index contributed by atoms with van der Waals surface area (Å²) in [4.78, 5) is 25.0. The first kappa shape index (κ1) is 15.1. The molecule has 5 N–H and O–H groups in total. The van der Waals surface area contributed by atoms with E-state index in [1.807, 2.05) is 0 Å². The van der Waals surface area contributed by atoms with Gasteiger partial charge in [0.25, 0.3) is 5.91 Å². The lowest BCUT2D eigenvalue weighted by Gasteiger charge is -2.24. The number of phenols is 1. The monoisotopic (exact) mass is 315 g/mol. The van der Waals surface area contributed by atoms with Gasteiger partial charge in [0, 0.05) is 12.3 Å². The molecule has 0 radical (unpaired) electrons. The zero-order valence-electron chi connectivity index (χ0n) is 12.5. The van der Waals surface area contributed by atoms with Crippen molar-refractivity contribution in [2.45, 2.75) is 25.6 Å². The number of anilines is 1. The fourth-order valence-electron chi connectivity index (χ4n) is 2.84. The van der Waals surface area contributed by atoms with Crippen LogP contribution in [0.1, 0.15) is 22.3 Å². The number of aromatic hydroxyl groups is 1. The van der Waals surface area contributed by atoms with Crippen LogP contribution in [0.3, 0.4) is 0 Å². The maximum absolute atomic E-state index is 12.7. The molecule has 2 aliphatic heterocycles. The smallest absolute Gasteiger partial charge is 0.260 e. The van der Waals surface area contributed by atoms with Crippen molar-refractivity contribution >= 4 is 17.5 Å². The Morgan fingerprint density at radius 1 is 1.48 bits per heavy atom. The van der Waals surface area contributed by atoms with Gasteiger partial charge in [-0.1, -0.05) is 12.1 Å². The van der Waals surface area contributed by atoms with Gasteiger partial charge in [-0.3, -0.25) is 9.59 Å². The molecule has 0 saturated heterocycles. The summed E-state index contributed by atoms with van der Waals surface area (Å²) in [5.41, 5.74) is 6.91. The van der Waals surface area contributed by atoms with Crippen LogP contribution in [0.5, 0.6) is 5.75 Å². The molecule has 0 spiro atoms. The Morgan fingerprint density at radius 2 is 2.22 bits per heavy atom. The summed E-state index contributed by atoms with van der Waals surface area (Å²) in [5, 5.41) is 23.3. The zero-order chi connectivity index (χ0) is 16.7. The highest BCUT2D eigenvalue weighted by molar-refractivity contribution is 6.03. The van der Waals surface area contributed by atoms with Crippen molar-refractivity contribution in [3.63, 3.8) is 0 Å². The lowest BCUT2D eigenvalue weighted by molar-refractivity contribution is -0.113. The van der Waals surface area contributed by atoms with Crippen LogP contribution in [0.2, 0.25) is 0 Å². The maximum Gasteiger partial charge on any atom is 0.260 e. The number of primary amides is 1. The van der Waals surface area contributed by atoms with Gasteiger partial charge in [-0.2, -0.15) is 0 Å². The van der Waals surface area contributed by atoms with Crippen molar-refractivity contribution in [1.29, 1.82) is 0 Å². The highest BCUT2D eigenvalue weighted by Gasteiger charge is 2.39. The number of aliphatic hydroxyl groups is 1. The van der Waals surface area contributed by atoms with Crippen molar-refractivity contribution in [2.75, 3.05) is 5.32 Å². The molecule has 7 heteroatoms. The number of carbonyl (C=O) groups is 2. The molecule has 120 valence electrons. The van der Waals surface area contributed by atoms with Crippen molar-refractivity contribution in [2.24, 2.45) is 5.73 Å². The predicted octanol–water partition coefficient (Wildman–Crippen LogP) is 0.584. The van der Waals surface area contributed by atoms with Crippen LogP contribution in [0, 0.1) is 6.92 Å². The second-order valence-corrected chi connectivity index (χ2v) is 5.67. The molecule has 0 aromatic heterocycles. The summed E-state index contributed by atoms with van der Waals surface area (Å²) in [5.74, 6) is -0.954. The third-order valence-corrected chi connectivity index (χ3v) is 4.07. The average molecular weight is 315 g/mol. The molecule has 0 fully saturated rings. The van der Waals surface area contributed by atoms with Gasteiger partial charge in [-0.05, 0) is 30.5 Å². The van der Waals surface area contributed by atoms with E-state index in [-0.39, 0.29) is 22.9 Å². The Kier molecular flexibility index (Phi) is 3.57. The molecule has 0 aliphatic carbocycles. The van der Waals surface area contributed by atoms with Gasteiger partial charge in [0.05, 0.1) is 17.3 Å². The lowest BCUT2D eigenvalue weighted by Crippen LogP contribution is -2.42. The van der Waals surface area contributed by atoms with E-state index in [9.17, 15) is 19.8 Å². The number of rotatable bonds is 2. The summed E-state index contributed by atoms with van der Waals surface area (Å²) in [6.07, 6.45) is 3.65. The molecular weight excluding hydrogens is 298 g/mol. The average Bonchev–Trinajstić information content (AvgIpc) is 2.90. The number of nitrogens with two attached hydrogens (primary N) is 1. The Hall–Kier alpha value is -2.80. The lowest BCUT2D eigenvalue weighted by atomic mass is 10.1. The largest absolute Gasteiger partial charge is 0.505 e. The van der Waals surface area contributed by atoms with Gasteiger partial charge < -0.3 is 26.2 Å². The van der Waals surface area contributed by atoms with Crippen LogP contribution in [0.25, 0.3) is 0 Å². The first-order valence-corrected chi connectivity index (χ1v) is 7.16. The van der Waals surface area contributed by atoms with E-state index in [4.69, 9.17) is 5.73 Å². The molecule has 2 atom stereocenters. The van der Waals surface area contributed by atoms with E-state index >= 15 is 0 Å². The van der Waals surface area contributed by atoms with Crippen LogP contribution < -0.4 is 11.1 Å². The Bertz CT molecular complexity index is 754. The van der Waals surface area contributed by atoms with E-state index in [2.05, 4.69) is 5.32 Å². The molecule has 0 saturated carbocycles. The number of allylic oxidation sites excluding steroid dienone is 1. The quantitative estimate of drug-likeness (QED) is 0.471. The minimum Gasteiger partial charge on any atom is -0.505 e. The molecule has 2 unspecified atom stereocenters. The minimum absolute atomic E-state index is 0.0473. The molecule has 2 aliphatic rings. The number of aryl methyl sites for hydroxylation is 1. The van der Waals surface area contributed by atoms with Gasteiger partial charge in [-0.15, -0.1) is 0 Å². The fourth-order valence-corrected chi connectivity index (χ4v) is 2.84. The molecule has 7 nitrogen and oxygen atoms in total. The number of aliphatic hydroxyl groups excluding tert-OH is 1. The van der Waals surface area contributed by atoms with Crippen LogP contribution in [-0.4, -0.2) is 39.2 Å². The number of hydrogen-bond donors (Lipinski definition) is 4. The van der Waals surface area contributed by atoms with Gasteiger partial charge in [-0.25, -0.2) is 0 Å². The normalized spacial score (nSPS) is 23.1. The summed E-state index contributed by atoms with van der Waals surface area (Å²) in [6, 6.07) is 2.73. The van der Waals surface area contributed by atoms with E-state index < -0.39 is 18.2 Å². The van der Waals surface area contributed by atoms with Crippen molar-refractivity contribution < 1.29 is 19.8 Å². The summed E-state index contributed by atoms with van der Waals surface area (Å²) in [6.45, 7) is 1.72. The number of amides is 2. The maximum atomic E-state index is 12.7. The summed E-state index contributed by atoms with van der Waals surface area (Å²) in [7, 11) is 0.